The molecule has 3 heterocycles. The lowest BCUT2D eigenvalue weighted by Crippen LogP contribution is -2.43. The van der Waals surface area contributed by atoms with Gasteiger partial charge in [0, 0.05) is 25.9 Å². The minimum Gasteiger partial charge on any atom is -0.378 e. The van der Waals surface area contributed by atoms with Gasteiger partial charge in [-0.25, -0.2) is 0 Å². The first-order valence-electron chi connectivity index (χ1n) is 8.86. The van der Waals surface area contributed by atoms with Crippen LogP contribution in [0.25, 0.3) is 0 Å². The van der Waals surface area contributed by atoms with Gasteiger partial charge in [0.1, 0.15) is 0 Å². The molecule has 3 rings (SSSR count). The summed E-state index contributed by atoms with van der Waals surface area (Å²) in [4.78, 5) is 19.1. The van der Waals surface area contributed by atoms with Gasteiger partial charge in [0.25, 0.3) is 0 Å². The molecule has 1 aromatic heterocycles. The Labute approximate surface area is 138 Å². The summed E-state index contributed by atoms with van der Waals surface area (Å²) in [6.45, 7) is 3.32. The fourth-order valence-electron chi connectivity index (χ4n) is 3.52. The Morgan fingerprint density at radius 1 is 1.30 bits per heavy atom. The minimum absolute atomic E-state index is 0.00993. The van der Waals surface area contributed by atoms with Crippen molar-refractivity contribution in [2.45, 2.75) is 57.2 Å². The molecule has 0 aliphatic carbocycles. The van der Waals surface area contributed by atoms with Gasteiger partial charge in [-0.3, -0.25) is 14.7 Å². The largest absolute Gasteiger partial charge is 0.378 e. The number of rotatable bonds is 6. The van der Waals surface area contributed by atoms with Gasteiger partial charge in [0.2, 0.25) is 5.91 Å². The second-order valence-corrected chi connectivity index (χ2v) is 6.52. The van der Waals surface area contributed by atoms with Crippen LogP contribution in [0.15, 0.2) is 24.4 Å². The summed E-state index contributed by atoms with van der Waals surface area (Å²) in [5, 5.41) is 3.11. The molecule has 0 bridgehead atoms. The molecule has 5 nitrogen and oxygen atoms in total. The van der Waals surface area contributed by atoms with Gasteiger partial charge in [-0.1, -0.05) is 6.07 Å². The maximum Gasteiger partial charge on any atom is 0.237 e. The van der Waals surface area contributed by atoms with E-state index in [0.717, 1.165) is 57.6 Å². The van der Waals surface area contributed by atoms with E-state index >= 15 is 0 Å². The van der Waals surface area contributed by atoms with Crippen molar-refractivity contribution in [3.05, 3.63) is 30.1 Å². The molecule has 0 aromatic carbocycles. The number of hydrogen-bond acceptors (Lipinski definition) is 4. The van der Waals surface area contributed by atoms with Crippen molar-refractivity contribution in [1.29, 1.82) is 0 Å². The van der Waals surface area contributed by atoms with Crippen molar-refractivity contribution in [2.75, 3.05) is 19.7 Å². The van der Waals surface area contributed by atoms with Crippen molar-refractivity contribution in [1.82, 2.24) is 15.2 Å². The van der Waals surface area contributed by atoms with Crippen LogP contribution in [0.1, 0.15) is 44.2 Å². The third-order valence-electron chi connectivity index (χ3n) is 4.80. The molecule has 1 N–H and O–H groups in total. The molecule has 2 saturated heterocycles. The second-order valence-electron chi connectivity index (χ2n) is 6.52. The highest BCUT2D eigenvalue weighted by Crippen LogP contribution is 2.20. The van der Waals surface area contributed by atoms with Crippen LogP contribution in [0.3, 0.4) is 0 Å². The predicted octanol–water partition coefficient (Wildman–Crippen LogP) is 2.12. The van der Waals surface area contributed by atoms with Crippen molar-refractivity contribution < 1.29 is 9.53 Å². The molecule has 1 aromatic rings. The zero-order chi connectivity index (χ0) is 15.9. The number of carbonyl (C=O) groups excluding carboxylic acids is 1. The molecular weight excluding hydrogens is 290 g/mol. The minimum atomic E-state index is -0.00993. The first-order chi connectivity index (χ1) is 11.3. The smallest absolute Gasteiger partial charge is 0.237 e. The maximum atomic E-state index is 12.5. The molecule has 2 aliphatic rings. The van der Waals surface area contributed by atoms with Crippen LogP contribution >= 0.6 is 0 Å². The summed E-state index contributed by atoms with van der Waals surface area (Å²) in [5.74, 6) is 0.161. The number of pyridine rings is 1. The third-order valence-corrected chi connectivity index (χ3v) is 4.80. The van der Waals surface area contributed by atoms with Gasteiger partial charge in [0.15, 0.2) is 0 Å². The standard InChI is InChI=1S/C18H27N3O2/c22-18(20-11-9-16-7-2-4-13-23-16)17-8-5-12-21(17)14-15-6-1-3-10-19-15/h1,3,6,10,16-17H,2,4-5,7-9,11-14H2,(H,20,22)/t16-,17-/m1/s1. The second kappa shape index (κ2) is 8.41. The van der Waals surface area contributed by atoms with Crippen molar-refractivity contribution >= 4 is 5.91 Å². The van der Waals surface area contributed by atoms with Crippen LogP contribution in [0.4, 0.5) is 0 Å². The fraction of sp³-hybridized carbons (Fsp3) is 0.667. The summed E-state index contributed by atoms with van der Waals surface area (Å²) in [5.41, 5.74) is 1.03. The van der Waals surface area contributed by atoms with E-state index in [1.54, 1.807) is 0 Å². The first-order valence-corrected chi connectivity index (χ1v) is 8.86. The number of amides is 1. The Morgan fingerprint density at radius 2 is 2.26 bits per heavy atom. The van der Waals surface area contributed by atoms with E-state index in [-0.39, 0.29) is 11.9 Å². The molecule has 126 valence electrons. The number of hydrogen-bond donors (Lipinski definition) is 1. The normalized spacial score (nSPS) is 25.4. The van der Waals surface area contributed by atoms with Crippen LogP contribution in [0, 0.1) is 0 Å². The molecule has 0 radical (unpaired) electrons. The van der Waals surface area contributed by atoms with Crippen molar-refractivity contribution in [3.63, 3.8) is 0 Å². The summed E-state index contributed by atoms with van der Waals surface area (Å²) < 4.78 is 5.72. The zero-order valence-corrected chi connectivity index (χ0v) is 13.7. The van der Waals surface area contributed by atoms with Crippen LogP contribution in [-0.2, 0) is 16.1 Å². The lowest BCUT2D eigenvalue weighted by Gasteiger charge is -2.25. The van der Waals surface area contributed by atoms with Crippen LogP contribution in [0.2, 0.25) is 0 Å². The quantitative estimate of drug-likeness (QED) is 0.873. The number of aromatic nitrogens is 1. The van der Waals surface area contributed by atoms with Gasteiger partial charge in [-0.05, 0) is 57.2 Å². The molecule has 2 aliphatic heterocycles. The number of carbonyl (C=O) groups is 1. The molecule has 2 atom stereocenters. The van der Waals surface area contributed by atoms with Crippen molar-refractivity contribution in [3.8, 4) is 0 Å². The van der Waals surface area contributed by atoms with Gasteiger partial charge >= 0.3 is 0 Å². The fourth-order valence-corrected chi connectivity index (χ4v) is 3.52. The van der Waals surface area contributed by atoms with E-state index in [1.165, 1.54) is 12.8 Å². The van der Waals surface area contributed by atoms with E-state index in [9.17, 15) is 4.79 Å². The summed E-state index contributed by atoms with van der Waals surface area (Å²) in [7, 11) is 0. The summed E-state index contributed by atoms with van der Waals surface area (Å²) in [6.07, 6.45) is 8.65. The number of nitrogens with zero attached hydrogens (tertiary/aromatic N) is 2. The Bertz CT molecular complexity index is 488. The van der Waals surface area contributed by atoms with E-state index in [2.05, 4.69) is 15.2 Å². The molecule has 0 unspecified atom stereocenters. The molecular formula is C18H27N3O2. The summed E-state index contributed by atoms with van der Waals surface area (Å²) >= 11 is 0. The maximum absolute atomic E-state index is 12.5. The average Bonchev–Trinajstić information content (AvgIpc) is 3.05. The molecule has 1 amide bonds. The van der Waals surface area contributed by atoms with E-state index in [4.69, 9.17) is 4.74 Å². The van der Waals surface area contributed by atoms with Gasteiger partial charge in [-0.15, -0.1) is 0 Å². The topological polar surface area (TPSA) is 54.5 Å². The Balaban J connectivity index is 1.44. The van der Waals surface area contributed by atoms with Gasteiger partial charge < -0.3 is 10.1 Å². The number of ether oxygens (including phenoxy) is 1. The Hall–Kier alpha value is -1.46. The van der Waals surface area contributed by atoms with Crippen molar-refractivity contribution in [2.24, 2.45) is 0 Å². The van der Waals surface area contributed by atoms with E-state index in [0.29, 0.717) is 6.10 Å². The van der Waals surface area contributed by atoms with Gasteiger partial charge in [-0.2, -0.15) is 0 Å². The molecule has 23 heavy (non-hydrogen) atoms. The number of nitrogens with one attached hydrogen (secondary N) is 1. The molecule has 5 heteroatoms. The molecule has 2 fully saturated rings. The van der Waals surface area contributed by atoms with E-state index in [1.807, 2.05) is 24.4 Å². The first kappa shape index (κ1) is 16.4. The number of likely N-dealkylation sites (tertiary alicyclic amines) is 1. The highest BCUT2D eigenvalue weighted by molar-refractivity contribution is 5.82. The Kier molecular flexibility index (Phi) is 6.00. The monoisotopic (exact) mass is 317 g/mol. The molecule has 0 spiro atoms. The Morgan fingerprint density at radius 3 is 3.04 bits per heavy atom. The predicted molar refractivity (Wildman–Crippen MR) is 88.9 cm³/mol. The SMILES string of the molecule is O=C(NCC[C@H]1CCCCO1)[C@H]1CCCN1Cc1ccccn1. The average molecular weight is 317 g/mol. The third kappa shape index (κ3) is 4.75. The van der Waals surface area contributed by atoms with Gasteiger partial charge in [0.05, 0.1) is 17.8 Å². The zero-order valence-electron chi connectivity index (χ0n) is 13.7. The molecule has 0 saturated carbocycles. The van der Waals surface area contributed by atoms with Crippen LogP contribution < -0.4 is 5.32 Å². The summed E-state index contributed by atoms with van der Waals surface area (Å²) in [6, 6.07) is 5.93. The lowest BCUT2D eigenvalue weighted by molar-refractivity contribution is -0.125. The van der Waals surface area contributed by atoms with E-state index < -0.39 is 0 Å². The highest BCUT2D eigenvalue weighted by atomic mass is 16.5. The van der Waals surface area contributed by atoms with Crippen LogP contribution in [0.5, 0.6) is 0 Å². The highest BCUT2D eigenvalue weighted by Gasteiger charge is 2.30. The van der Waals surface area contributed by atoms with Crippen LogP contribution in [-0.4, -0.2) is 47.6 Å². The lowest BCUT2D eigenvalue weighted by atomic mass is 10.1.